The Bertz CT molecular complexity index is 481. The fourth-order valence-corrected chi connectivity index (χ4v) is 1.07. The van der Waals surface area contributed by atoms with Gasteiger partial charge in [0.1, 0.15) is 0 Å². The predicted octanol–water partition coefficient (Wildman–Crippen LogP) is 0.308. The van der Waals surface area contributed by atoms with Gasteiger partial charge in [-0.05, 0) is 31.0 Å². The molecular weight excluding hydrogens is 192 g/mol. The van der Waals surface area contributed by atoms with Crippen molar-refractivity contribution in [2.24, 2.45) is 5.73 Å². The molecule has 1 amide bonds. The second-order valence-electron chi connectivity index (χ2n) is 2.97. The van der Waals surface area contributed by atoms with Crippen molar-refractivity contribution in [1.29, 1.82) is 0 Å². The summed E-state index contributed by atoms with van der Waals surface area (Å²) in [6.45, 7) is 1.41. The minimum absolute atomic E-state index is 0.143. The summed E-state index contributed by atoms with van der Waals surface area (Å²) < 4.78 is 0. The van der Waals surface area contributed by atoms with Crippen LogP contribution in [0.1, 0.15) is 22.8 Å². The third-order valence-electron chi connectivity index (χ3n) is 1.76. The molecule has 0 spiro atoms. The largest absolute Gasteiger partial charge is 0.398 e. The minimum atomic E-state index is -0.712. The Kier molecular flexibility index (Phi) is 3.09. The van der Waals surface area contributed by atoms with Gasteiger partial charge in [-0.15, -0.1) is 0 Å². The Morgan fingerprint density at radius 3 is 2.53 bits per heavy atom. The highest BCUT2D eigenvalue weighted by Crippen LogP contribution is 2.13. The number of hydrogen-bond acceptors (Lipinski definition) is 3. The zero-order valence-electron chi connectivity index (χ0n) is 8.20. The van der Waals surface area contributed by atoms with Gasteiger partial charge in [0.25, 0.3) is 5.91 Å². The fourth-order valence-electron chi connectivity index (χ4n) is 1.07. The topological polar surface area (TPSA) is 86.2 Å². The van der Waals surface area contributed by atoms with Crippen molar-refractivity contribution in [3.63, 3.8) is 0 Å². The van der Waals surface area contributed by atoms with Gasteiger partial charge in [0, 0.05) is 16.8 Å². The molecule has 15 heavy (non-hydrogen) atoms. The molecule has 1 rings (SSSR count). The van der Waals surface area contributed by atoms with Crippen molar-refractivity contribution < 1.29 is 9.59 Å². The molecule has 76 valence electrons. The highest BCUT2D eigenvalue weighted by Gasteiger charge is 2.04. The van der Waals surface area contributed by atoms with E-state index in [1.165, 1.54) is 13.0 Å². The van der Waals surface area contributed by atoms with Gasteiger partial charge in [-0.25, -0.2) is 0 Å². The molecule has 4 heteroatoms. The summed E-state index contributed by atoms with van der Waals surface area (Å²) >= 11 is 0. The maximum Gasteiger partial charge on any atom is 0.293 e. The summed E-state index contributed by atoms with van der Waals surface area (Å²) in [5.41, 5.74) is 11.8. The van der Waals surface area contributed by atoms with Gasteiger partial charge in [-0.1, -0.05) is 5.92 Å². The van der Waals surface area contributed by atoms with Crippen LogP contribution in [0.15, 0.2) is 18.2 Å². The molecular formula is C11H10N2O2. The maximum atomic E-state index is 11.1. The number of carbonyl (C=O) groups excluding carboxylic acids is 2. The summed E-state index contributed by atoms with van der Waals surface area (Å²) in [5, 5.41) is 0. The van der Waals surface area contributed by atoms with E-state index in [0.29, 0.717) is 16.8 Å². The van der Waals surface area contributed by atoms with E-state index in [0.717, 1.165) is 0 Å². The molecule has 0 bridgehead atoms. The van der Waals surface area contributed by atoms with Crippen molar-refractivity contribution >= 4 is 17.4 Å². The zero-order valence-corrected chi connectivity index (χ0v) is 8.20. The van der Waals surface area contributed by atoms with Crippen LogP contribution in [-0.4, -0.2) is 11.7 Å². The highest BCUT2D eigenvalue weighted by atomic mass is 16.1. The second-order valence-corrected chi connectivity index (χ2v) is 2.97. The summed E-state index contributed by atoms with van der Waals surface area (Å²) in [6.07, 6.45) is 0. The van der Waals surface area contributed by atoms with Crippen LogP contribution in [0.5, 0.6) is 0 Å². The molecule has 0 aromatic heterocycles. The number of amides is 1. The molecule has 0 fully saturated rings. The number of nitrogens with two attached hydrogens (primary N) is 2. The summed E-state index contributed by atoms with van der Waals surface area (Å²) in [5.74, 6) is 3.86. The standard InChI is InChI=1S/C11H10N2O2/c1-7(14)9-6-8(2-4-10(9)12)3-5-11(13)15/h2,4,6H,12H2,1H3,(H2,13,15). The Hall–Kier alpha value is -2.28. The van der Waals surface area contributed by atoms with Gasteiger partial charge >= 0.3 is 0 Å². The lowest BCUT2D eigenvalue weighted by Gasteiger charge is -2.01. The number of rotatable bonds is 1. The monoisotopic (exact) mass is 202 g/mol. The van der Waals surface area contributed by atoms with Crippen LogP contribution >= 0.6 is 0 Å². The lowest BCUT2D eigenvalue weighted by Crippen LogP contribution is -2.06. The molecule has 0 heterocycles. The van der Waals surface area contributed by atoms with Crippen LogP contribution in [0, 0.1) is 11.8 Å². The molecule has 1 aromatic rings. The van der Waals surface area contributed by atoms with E-state index in [-0.39, 0.29) is 5.78 Å². The highest BCUT2D eigenvalue weighted by molar-refractivity contribution is 5.99. The SMILES string of the molecule is CC(=O)c1cc(C#CC(N)=O)ccc1N. The number of nitrogen functional groups attached to an aromatic ring is 1. The van der Waals surface area contributed by atoms with Crippen molar-refractivity contribution in [2.75, 3.05) is 5.73 Å². The van der Waals surface area contributed by atoms with Crippen LogP contribution in [0.25, 0.3) is 0 Å². The average molecular weight is 202 g/mol. The van der Waals surface area contributed by atoms with Crippen molar-refractivity contribution in [3.8, 4) is 11.8 Å². The molecule has 4 N–H and O–H groups in total. The molecule has 0 saturated heterocycles. The lowest BCUT2D eigenvalue weighted by molar-refractivity contribution is -0.112. The van der Waals surface area contributed by atoms with E-state index >= 15 is 0 Å². The first-order valence-electron chi connectivity index (χ1n) is 4.22. The third-order valence-corrected chi connectivity index (χ3v) is 1.76. The van der Waals surface area contributed by atoms with Crippen LogP contribution in [-0.2, 0) is 4.79 Å². The number of benzene rings is 1. The van der Waals surface area contributed by atoms with E-state index in [1.54, 1.807) is 12.1 Å². The smallest absolute Gasteiger partial charge is 0.293 e. The Balaban J connectivity index is 3.15. The van der Waals surface area contributed by atoms with Gasteiger partial charge in [0.05, 0.1) is 0 Å². The van der Waals surface area contributed by atoms with Crippen LogP contribution in [0.2, 0.25) is 0 Å². The Labute approximate surface area is 87.3 Å². The zero-order chi connectivity index (χ0) is 11.4. The lowest BCUT2D eigenvalue weighted by atomic mass is 10.1. The van der Waals surface area contributed by atoms with Crippen molar-refractivity contribution in [1.82, 2.24) is 0 Å². The van der Waals surface area contributed by atoms with Crippen LogP contribution in [0.4, 0.5) is 5.69 Å². The molecule has 0 saturated carbocycles. The Morgan fingerprint density at radius 2 is 2.00 bits per heavy atom. The van der Waals surface area contributed by atoms with Crippen molar-refractivity contribution in [3.05, 3.63) is 29.3 Å². The Morgan fingerprint density at radius 1 is 1.33 bits per heavy atom. The normalized spacial score (nSPS) is 8.87. The number of Topliss-reactive ketones (excluding diaryl/α,β-unsaturated/α-hetero) is 1. The molecule has 0 unspecified atom stereocenters. The maximum absolute atomic E-state index is 11.1. The summed E-state index contributed by atoms with van der Waals surface area (Å²) in [4.78, 5) is 21.6. The predicted molar refractivity (Wildman–Crippen MR) is 56.9 cm³/mol. The number of ketones is 1. The fraction of sp³-hybridized carbons (Fsp3) is 0.0909. The summed E-state index contributed by atoms with van der Waals surface area (Å²) in [6, 6.07) is 4.73. The molecule has 4 nitrogen and oxygen atoms in total. The van der Waals surface area contributed by atoms with Crippen molar-refractivity contribution in [2.45, 2.75) is 6.92 Å². The first-order chi connectivity index (χ1) is 7.00. The number of primary amides is 1. The van der Waals surface area contributed by atoms with E-state index < -0.39 is 5.91 Å². The van der Waals surface area contributed by atoms with E-state index in [9.17, 15) is 9.59 Å². The molecule has 0 radical (unpaired) electrons. The van der Waals surface area contributed by atoms with Crippen LogP contribution < -0.4 is 11.5 Å². The number of anilines is 1. The second kappa shape index (κ2) is 4.29. The van der Waals surface area contributed by atoms with E-state index in [4.69, 9.17) is 11.5 Å². The number of hydrogen-bond donors (Lipinski definition) is 2. The van der Waals surface area contributed by atoms with Gasteiger partial charge in [-0.3, -0.25) is 9.59 Å². The van der Waals surface area contributed by atoms with Gasteiger partial charge in [0.2, 0.25) is 0 Å². The first-order valence-corrected chi connectivity index (χ1v) is 4.22. The average Bonchev–Trinajstić information content (AvgIpc) is 2.16. The van der Waals surface area contributed by atoms with Gasteiger partial charge < -0.3 is 11.5 Å². The first kappa shape index (κ1) is 10.8. The third kappa shape index (κ3) is 2.85. The molecule has 0 aliphatic rings. The molecule has 0 aliphatic carbocycles. The minimum Gasteiger partial charge on any atom is -0.398 e. The number of carbonyl (C=O) groups is 2. The van der Waals surface area contributed by atoms with Gasteiger partial charge in [-0.2, -0.15) is 0 Å². The van der Waals surface area contributed by atoms with Crippen LogP contribution in [0.3, 0.4) is 0 Å². The molecule has 0 aliphatic heterocycles. The van der Waals surface area contributed by atoms with E-state index in [1.807, 2.05) is 0 Å². The molecule has 0 atom stereocenters. The molecule has 1 aromatic carbocycles. The quantitative estimate of drug-likeness (QED) is 0.390. The van der Waals surface area contributed by atoms with Gasteiger partial charge in [0.15, 0.2) is 5.78 Å². The van der Waals surface area contributed by atoms with E-state index in [2.05, 4.69) is 11.8 Å². The summed E-state index contributed by atoms with van der Waals surface area (Å²) in [7, 11) is 0.